The third kappa shape index (κ3) is 3.59. The van der Waals surface area contributed by atoms with Gasteiger partial charge in [-0.15, -0.1) is 15.3 Å². The molecule has 1 aliphatic heterocycles. The highest BCUT2D eigenvalue weighted by Gasteiger charge is 2.22. The summed E-state index contributed by atoms with van der Waals surface area (Å²) in [7, 11) is 0. The number of nitrogens with zero attached hydrogens (tertiary/aromatic N) is 8. The fourth-order valence-corrected chi connectivity index (χ4v) is 3.94. The molecule has 0 unspecified atom stereocenters. The van der Waals surface area contributed by atoms with Crippen molar-refractivity contribution in [1.82, 2.24) is 35.0 Å². The second kappa shape index (κ2) is 7.90. The predicted octanol–water partition coefficient (Wildman–Crippen LogP) is 2.21. The molecule has 0 spiro atoms. The van der Waals surface area contributed by atoms with Crippen LogP contribution in [-0.2, 0) is 18.8 Å². The Balaban J connectivity index is 1.55. The first kappa shape index (κ1) is 17.1. The Kier molecular flexibility index (Phi) is 5.19. The van der Waals surface area contributed by atoms with Crippen LogP contribution in [0.15, 0.2) is 28.0 Å². The van der Waals surface area contributed by atoms with Crippen LogP contribution in [0.25, 0.3) is 0 Å². The van der Waals surface area contributed by atoms with Crippen molar-refractivity contribution in [2.75, 3.05) is 18.0 Å². The summed E-state index contributed by atoms with van der Waals surface area (Å²) < 4.78 is 9.52. The van der Waals surface area contributed by atoms with E-state index >= 15 is 0 Å². The number of tetrazole rings is 1. The topological polar surface area (TPSA) is 90.7 Å². The van der Waals surface area contributed by atoms with E-state index in [-0.39, 0.29) is 0 Å². The highest BCUT2D eigenvalue weighted by atomic mass is 32.2. The normalized spacial score (nSPS) is 14.4. The predicted molar refractivity (Wildman–Crippen MR) is 96.9 cm³/mol. The van der Waals surface area contributed by atoms with Crippen LogP contribution >= 0.6 is 11.8 Å². The summed E-state index contributed by atoms with van der Waals surface area (Å²) in [6.07, 6.45) is 5.08. The summed E-state index contributed by atoms with van der Waals surface area (Å²) in [5, 5.41) is 21.7. The number of anilines is 1. The molecule has 0 aromatic carbocycles. The molecule has 9 nitrogen and oxygen atoms in total. The summed E-state index contributed by atoms with van der Waals surface area (Å²) >= 11 is 1.60. The summed E-state index contributed by atoms with van der Waals surface area (Å²) in [4.78, 5) is 2.29. The van der Waals surface area contributed by atoms with E-state index in [1.807, 2.05) is 16.8 Å². The lowest BCUT2D eigenvalue weighted by molar-refractivity contribution is 0.483. The minimum absolute atomic E-state index is 0.619. The van der Waals surface area contributed by atoms with Crippen molar-refractivity contribution in [1.29, 1.82) is 0 Å². The molecule has 1 saturated heterocycles. The van der Waals surface area contributed by atoms with E-state index in [4.69, 9.17) is 4.42 Å². The zero-order valence-electron chi connectivity index (χ0n) is 14.8. The molecule has 0 aliphatic carbocycles. The molecule has 0 saturated carbocycles. The van der Waals surface area contributed by atoms with Crippen LogP contribution < -0.4 is 4.90 Å². The number of rotatable bonds is 8. The second-order valence-electron chi connectivity index (χ2n) is 6.25. The molecule has 26 heavy (non-hydrogen) atoms. The van der Waals surface area contributed by atoms with Gasteiger partial charge >= 0.3 is 0 Å². The molecule has 4 rings (SSSR count). The first-order chi connectivity index (χ1) is 12.8. The molecule has 1 aliphatic rings. The maximum Gasteiger partial charge on any atom is 0.228 e. The molecule has 0 amide bonds. The molecule has 3 aromatic heterocycles. The van der Waals surface area contributed by atoms with E-state index < -0.39 is 0 Å². The Hall–Kier alpha value is -2.36. The van der Waals surface area contributed by atoms with Crippen LogP contribution in [0.5, 0.6) is 0 Å². The van der Waals surface area contributed by atoms with Crippen molar-refractivity contribution in [3.8, 4) is 0 Å². The molecule has 138 valence electrons. The number of hydrogen-bond donors (Lipinski definition) is 0. The van der Waals surface area contributed by atoms with Gasteiger partial charge in [0.2, 0.25) is 5.95 Å². The van der Waals surface area contributed by atoms with Crippen molar-refractivity contribution < 1.29 is 4.42 Å². The average molecular weight is 374 g/mol. The third-order valence-electron chi connectivity index (χ3n) is 4.35. The number of furan rings is 1. The Morgan fingerprint density at radius 2 is 2.08 bits per heavy atom. The number of hydrogen-bond acceptors (Lipinski definition) is 8. The fraction of sp³-hybridized carbons (Fsp3) is 0.562. The number of aromatic nitrogens is 7. The second-order valence-corrected chi connectivity index (χ2v) is 7.19. The van der Waals surface area contributed by atoms with E-state index in [0.717, 1.165) is 48.7 Å². The lowest BCUT2D eigenvalue weighted by atomic mass is 10.4. The van der Waals surface area contributed by atoms with Crippen LogP contribution in [0, 0.1) is 0 Å². The molecular formula is C16H22N8OS. The van der Waals surface area contributed by atoms with Gasteiger partial charge in [-0.05, 0) is 41.8 Å². The fourth-order valence-electron chi connectivity index (χ4n) is 3.08. The summed E-state index contributed by atoms with van der Waals surface area (Å²) in [5.41, 5.74) is 0. The standard InChI is InChI=1S/C16H22N8OS/c1-2-7-24-14(17-20-21-24)12-26-16-19-18-15(22-8-3-4-9-22)23(16)11-13-6-5-10-25-13/h5-6,10H,2-4,7-9,11-12H2,1H3. The summed E-state index contributed by atoms with van der Waals surface area (Å²) in [5.74, 6) is 3.31. The quantitative estimate of drug-likeness (QED) is 0.554. The van der Waals surface area contributed by atoms with Gasteiger partial charge in [-0.25, -0.2) is 4.68 Å². The van der Waals surface area contributed by atoms with Crippen molar-refractivity contribution >= 4 is 17.7 Å². The Morgan fingerprint density at radius 1 is 1.19 bits per heavy atom. The first-order valence-electron chi connectivity index (χ1n) is 8.93. The van der Waals surface area contributed by atoms with Crippen LogP contribution in [0.1, 0.15) is 37.8 Å². The molecule has 0 radical (unpaired) electrons. The van der Waals surface area contributed by atoms with Gasteiger partial charge in [0.15, 0.2) is 11.0 Å². The van der Waals surface area contributed by atoms with Crippen molar-refractivity contribution in [3.05, 3.63) is 30.0 Å². The molecule has 0 atom stereocenters. The van der Waals surface area contributed by atoms with E-state index in [1.54, 1.807) is 18.0 Å². The maximum atomic E-state index is 5.54. The molecule has 4 heterocycles. The maximum absolute atomic E-state index is 5.54. The summed E-state index contributed by atoms with van der Waals surface area (Å²) in [6.45, 7) is 5.60. The zero-order valence-corrected chi connectivity index (χ0v) is 15.6. The van der Waals surface area contributed by atoms with Crippen molar-refractivity contribution in [3.63, 3.8) is 0 Å². The number of aryl methyl sites for hydroxylation is 1. The van der Waals surface area contributed by atoms with Crippen molar-refractivity contribution in [2.45, 2.75) is 50.2 Å². The highest BCUT2D eigenvalue weighted by molar-refractivity contribution is 7.98. The van der Waals surface area contributed by atoms with E-state index in [1.165, 1.54) is 12.8 Å². The lowest BCUT2D eigenvalue weighted by Crippen LogP contribution is -2.22. The minimum atomic E-state index is 0.619. The monoisotopic (exact) mass is 374 g/mol. The van der Waals surface area contributed by atoms with Gasteiger partial charge in [-0.1, -0.05) is 18.7 Å². The van der Waals surface area contributed by atoms with Gasteiger partial charge in [-0.3, -0.25) is 4.57 Å². The van der Waals surface area contributed by atoms with Gasteiger partial charge in [-0.2, -0.15) is 0 Å². The molecular weight excluding hydrogens is 352 g/mol. The lowest BCUT2D eigenvalue weighted by Gasteiger charge is -2.17. The van der Waals surface area contributed by atoms with Crippen molar-refractivity contribution in [2.24, 2.45) is 0 Å². The highest BCUT2D eigenvalue weighted by Crippen LogP contribution is 2.27. The van der Waals surface area contributed by atoms with Crippen LogP contribution in [0.3, 0.4) is 0 Å². The van der Waals surface area contributed by atoms with Crippen LogP contribution in [0.4, 0.5) is 5.95 Å². The van der Waals surface area contributed by atoms with Gasteiger partial charge in [0.05, 0.1) is 18.6 Å². The van der Waals surface area contributed by atoms with E-state index in [9.17, 15) is 0 Å². The molecule has 0 N–H and O–H groups in total. The van der Waals surface area contributed by atoms with Gasteiger partial charge < -0.3 is 9.32 Å². The molecule has 0 bridgehead atoms. The molecule has 1 fully saturated rings. The third-order valence-corrected chi connectivity index (χ3v) is 5.31. The smallest absolute Gasteiger partial charge is 0.228 e. The van der Waals surface area contributed by atoms with Gasteiger partial charge in [0.25, 0.3) is 0 Å². The average Bonchev–Trinajstić information content (AvgIpc) is 3.43. The van der Waals surface area contributed by atoms with Gasteiger partial charge in [0, 0.05) is 19.6 Å². The van der Waals surface area contributed by atoms with E-state index in [0.29, 0.717) is 12.3 Å². The Bertz CT molecular complexity index is 821. The summed E-state index contributed by atoms with van der Waals surface area (Å²) in [6, 6.07) is 3.88. The van der Waals surface area contributed by atoms with Crippen LogP contribution in [0.2, 0.25) is 0 Å². The Morgan fingerprint density at radius 3 is 2.85 bits per heavy atom. The molecule has 10 heteroatoms. The Labute approximate surface area is 155 Å². The largest absolute Gasteiger partial charge is 0.467 e. The SMILES string of the molecule is CCCn1nnnc1CSc1nnc(N2CCCC2)n1Cc1ccco1. The first-order valence-corrected chi connectivity index (χ1v) is 9.92. The van der Waals surface area contributed by atoms with E-state index in [2.05, 4.69) is 42.1 Å². The number of thioether (sulfide) groups is 1. The van der Waals surface area contributed by atoms with Gasteiger partial charge in [0.1, 0.15) is 5.76 Å². The van der Waals surface area contributed by atoms with Crippen LogP contribution in [-0.4, -0.2) is 48.1 Å². The minimum Gasteiger partial charge on any atom is -0.467 e. The molecule has 3 aromatic rings. The zero-order chi connectivity index (χ0) is 17.8.